The van der Waals surface area contributed by atoms with E-state index in [1.54, 1.807) is 0 Å². The summed E-state index contributed by atoms with van der Waals surface area (Å²) in [5.41, 5.74) is 4.87. The van der Waals surface area contributed by atoms with Crippen molar-refractivity contribution in [3.63, 3.8) is 0 Å². The first-order chi connectivity index (χ1) is 9.47. The fourth-order valence-electron chi connectivity index (χ4n) is 2.22. The minimum absolute atomic E-state index is 0.00753. The zero-order valence-electron chi connectivity index (χ0n) is 11.1. The van der Waals surface area contributed by atoms with Crippen LogP contribution in [-0.2, 0) is 22.3 Å². The summed E-state index contributed by atoms with van der Waals surface area (Å²) in [6, 6.07) is 3.75. The minimum Gasteiger partial charge on any atom is -0.399 e. The summed E-state index contributed by atoms with van der Waals surface area (Å²) in [7, 11) is 0. The van der Waals surface area contributed by atoms with Crippen LogP contribution < -0.4 is 5.73 Å². The average molecular weight is 289 g/mol. The molecule has 1 aliphatic rings. The highest BCUT2D eigenvalue weighted by atomic mass is 19.4. The zero-order chi connectivity index (χ0) is 14.6. The number of rotatable bonds is 4. The van der Waals surface area contributed by atoms with Crippen molar-refractivity contribution in [2.75, 3.05) is 18.9 Å². The van der Waals surface area contributed by atoms with Crippen LogP contribution in [0.3, 0.4) is 0 Å². The predicted octanol–water partition coefficient (Wildman–Crippen LogP) is 3.37. The molecular formula is C14H18F3NO2. The summed E-state index contributed by atoms with van der Waals surface area (Å²) < 4.78 is 49.5. The molecule has 1 unspecified atom stereocenters. The highest BCUT2D eigenvalue weighted by molar-refractivity contribution is 5.45. The van der Waals surface area contributed by atoms with Gasteiger partial charge in [0.25, 0.3) is 0 Å². The molecular weight excluding hydrogens is 271 g/mol. The Bertz CT molecular complexity index is 443. The summed E-state index contributed by atoms with van der Waals surface area (Å²) >= 11 is 0. The van der Waals surface area contributed by atoms with E-state index in [4.69, 9.17) is 15.2 Å². The maximum Gasteiger partial charge on any atom is 0.416 e. The molecule has 1 atom stereocenters. The van der Waals surface area contributed by atoms with Crippen molar-refractivity contribution < 1.29 is 22.6 Å². The number of hydrogen-bond acceptors (Lipinski definition) is 3. The first kappa shape index (κ1) is 15.1. The summed E-state index contributed by atoms with van der Waals surface area (Å²) in [5, 5.41) is 0. The summed E-state index contributed by atoms with van der Waals surface area (Å²) in [6.45, 7) is 0.931. The fourth-order valence-corrected chi connectivity index (χ4v) is 2.22. The van der Waals surface area contributed by atoms with E-state index in [-0.39, 0.29) is 24.0 Å². The van der Waals surface area contributed by atoms with E-state index in [0.717, 1.165) is 25.3 Å². The number of ether oxygens (including phenoxy) is 2. The van der Waals surface area contributed by atoms with Crippen molar-refractivity contribution in [1.29, 1.82) is 0 Å². The van der Waals surface area contributed by atoms with E-state index in [1.807, 2.05) is 0 Å². The SMILES string of the molecule is Nc1ccc(COCC2CCCCO2)c(C(F)(F)F)c1. The maximum atomic E-state index is 12.9. The van der Waals surface area contributed by atoms with Crippen molar-refractivity contribution in [3.05, 3.63) is 29.3 Å². The van der Waals surface area contributed by atoms with Gasteiger partial charge < -0.3 is 15.2 Å². The molecule has 1 aromatic rings. The van der Waals surface area contributed by atoms with Gasteiger partial charge >= 0.3 is 6.18 Å². The number of alkyl halides is 3. The van der Waals surface area contributed by atoms with Gasteiger partial charge in [-0.2, -0.15) is 13.2 Å². The molecule has 0 spiro atoms. The van der Waals surface area contributed by atoms with Crippen LogP contribution in [0.25, 0.3) is 0 Å². The van der Waals surface area contributed by atoms with E-state index >= 15 is 0 Å². The van der Waals surface area contributed by atoms with Crippen LogP contribution in [0, 0.1) is 0 Å². The van der Waals surface area contributed by atoms with Gasteiger partial charge in [0.15, 0.2) is 0 Å². The maximum absolute atomic E-state index is 12.9. The lowest BCUT2D eigenvalue weighted by Gasteiger charge is -2.22. The van der Waals surface area contributed by atoms with Crippen LogP contribution in [0.15, 0.2) is 18.2 Å². The summed E-state index contributed by atoms with van der Waals surface area (Å²) in [5.74, 6) is 0. The van der Waals surface area contributed by atoms with Crippen LogP contribution in [0.1, 0.15) is 30.4 Å². The van der Waals surface area contributed by atoms with Crippen LogP contribution in [0.4, 0.5) is 18.9 Å². The van der Waals surface area contributed by atoms with Gasteiger partial charge in [-0.25, -0.2) is 0 Å². The summed E-state index contributed by atoms with van der Waals surface area (Å²) in [6.07, 6.45) is -1.42. The molecule has 0 amide bonds. The minimum atomic E-state index is -4.42. The van der Waals surface area contributed by atoms with E-state index in [2.05, 4.69) is 0 Å². The standard InChI is InChI=1S/C14H18F3NO2/c15-14(16,17)13-7-11(18)5-4-10(13)8-19-9-12-3-1-2-6-20-12/h4-5,7,12H,1-3,6,8-9,18H2. The third kappa shape index (κ3) is 4.11. The van der Waals surface area contributed by atoms with Gasteiger partial charge in [0.1, 0.15) is 0 Å². The van der Waals surface area contributed by atoms with Crippen molar-refractivity contribution in [3.8, 4) is 0 Å². The van der Waals surface area contributed by atoms with Gasteiger partial charge in [0.05, 0.1) is 24.9 Å². The molecule has 1 saturated heterocycles. The molecule has 1 heterocycles. The lowest BCUT2D eigenvalue weighted by molar-refractivity contribution is -0.139. The molecule has 1 fully saturated rings. The Kier molecular flexibility index (Phi) is 4.88. The topological polar surface area (TPSA) is 44.5 Å². The second kappa shape index (κ2) is 6.45. The van der Waals surface area contributed by atoms with Crippen LogP contribution >= 0.6 is 0 Å². The van der Waals surface area contributed by atoms with Gasteiger partial charge in [0, 0.05) is 12.3 Å². The highest BCUT2D eigenvalue weighted by Crippen LogP contribution is 2.33. The molecule has 3 nitrogen and oxygen atoms in total. The molecule has 6 heteroatoms. The van der Waals surface area contributed by atoms with Crippen LogP contribution in [-0.4, -0.2) is 19.3 Å². The quantitative estimate of drug-likeness (QED) is 0.864. The average Bonchev–Trinajstić information content (AvgIpc) is 2.40. The van der Waals surface area contributed by atoms with E-state index in [1.165, 1.54) is 12.1 Å². The molecule has 1 aromatic carbocycles. The molecule has 0 saturated carbocycles. The third-order valence-electron chi connectivity index (χ3n) is 3.27. The lowest BCUT2D eigenvalue weighted by atomic mass is 10.1. The first-order valence-corrected chi connectivity index (χ1v) is 6.62. The molecule has 0 aliphatic carbocycles. The molecule has 0 aromatic heterocycles. The predicted molar refractivity (Wildman–Crippen MR) is 69.1 cm³/mol. The Balaban J connectivity index is 1.95. The van der Waals surface area contributed by atoms with E-state index in [9.17, 15) is 13.2 Å². The van der Waals surface area contributed by atoms with Gasteiger partial charge in [-0.15, -0.1) is 0 Å². The Labute approximate surface area is 115 Å². The highest BCUT2D eigenvalue weighted by Gasteiger charge is 2.33. The Morgan fingerprint density at radius 2 is 2.10 bits per heavy atom. The van der Waals surface area contributed by atoms with Crippen LogP contribution in [0.5, 0.6) is 0 Å². The molecule has 2 N–H and O–H groups in total. The zero-order valence-corrected chi connectivity index (χ0v) is 11.1. The summed E-state index contributed by atoms with van der Waals surface area (Å²) in [4.78, 5) is 0. The monoisotopic (exact) mass is 289 g/mol. The number of benzene rings is 1. The Morgan fingerprint density at radius 3 is 2.75 bits per heavy atom. The lowest BCUT2D eigenvalue weighted by Crippen LogP contribution is -2.24. The number of halogens is 3. The number of nitrogen functional groups attached to an aromatic ring is 1. The van der Waals surface area contributed by atoms with Gasteiger partial charge in [-0.05, 0) is 37.0 Å². The number of hydrogen-bond donors (Lipinski definition) is 1. The number of nitrogens with two attached hydrogens (primary N) is 1. The van der Waals surface area contributed by atoms with Gasteiger partial charge in [-0.3, -0.25) is 0 Å². The molecule has 112 valence electrons. The van der Waals surface area contributed by atoms with Crippen molar-refractivity contribution in [1.82, 2.24) is 0 Å². The molecule has 0 radical (unpaired) electrons. The van der Waals surface area contributed by atoms with Crippen molar-refractivity contribution >= 4 is 5.69 Å². The fraction of sp³-hybridized carbons (Fsp3) is 0.571. The Morgan fingerprint density at radius 1 is 1.30 bits per heavy atom. The molecule has 20 heavy (non-hydrogen) atoms. The van der Waals surface area contributed by atoms with Gasteiger partial charge in [-0.1, -0.05) is 6.07 Å². The third-order valence-corrected chi connectivity index (χ3v) is 3.27. The smallest absolute Gasteiger partial charge is 0.399 e. The number of anilines is 1. The van der Waals surface area contributed by atoms with E-state index in [0.29, 0.717) is 13.2 Å². The normalized spacial score (nSPS) is 20.1. The molecule has 0 bridgehead atoms. The van der Waals surface area contributed by atoms with Crippen molar-refractivity contribution in [2.45, 2.75) is 38.1 Å². The van der Waals surface area contributed by atoms with Crippen molar-refractivity contribution in [2.24, 2.45) is 0 Å². The molecule has 2 rings (SSSR count). The first-order valence-electron chi connectivity index (χ1n) is 6.62. The second-order valence-corrected chi connectivity index (χ2v) is 4.92. The van der Waals surface area contributed by atoms with Crippen LogP contribution in [0.2, 0.25) is 0 Å². The second-order valence-electron chi connectivity index (χ2n) is 4.92. The molecule has 1 aliphatic heterocycles. The van der Waals surface area contributed by atoms with E-state index < -0.39 is 11.7 Å². The Hall–Kier alpha value is -1.27. The largest absolute Gasteiger partial charge is 0.416 e. The van der Waals surface area contributed by atoms with Gasteiger partial charge in [0.2, 0.25) is 0 Å².